The van der Waals surface area contributed by atoms with Gasteiger partial charge >= 0.3 is 6.18 Å². The molecule has 3 nitrogen and oxygen atoms in total. The lowest BCUT2D eigenvalue weighted by Gasteiger charge is -2.39. The second-order valence-corrected chi connectivity index (χ2v) is 11.2. The molecule has 0 unspecified atom stereocenters. The Kier molecular flexibility index (Phi) is 7.66. The molecular formula is C28H24Cl2F3NO2S. The summed E-state index contributed by atoms with van der Waals surface area (Å²) in [7, 11) is 0. The lowest BCUT2D eigenvalue weighted by atomic mass is 9.98. The summed E-state index contributed by atoms with van der Waals surface area (Å²) in [6, 6.07) is 18.0. The normalized spacial score (nSPS) is 21.2. The molecule has 2 bridgehead atoms. The van der Waals surface area contributed by atoms with Gasteiger partial charge < -0.3 is 9.64 Å². The summed E-state index contributed by atoms with van der Waals surface area (Å²) in [5.74, 6) is 0.866. The van der Waals surface area contributed by atoms with Crippen LogP contribution in [0.15, 0.2) is 71.6 Å². The highest BCUT2D eigenvalue weighted by Gasteiger charge is 2.44. The Morgan fingerprint density at radius 2 is 1.57 bits per heavy atom. The molecule has 0 spiro atoms. The molecule has 3 aromatic rings. The monoisotopic (exact) mass is 565 g/mol. The Labute approximate surface area is 227 Å². The van der Waals surface area contributed by atoms with E-state index in [4.69, 9.17) is 27.9 Å². The molecular weight excluding hydrogens is 542 g/mol. The first kappa shape index (κ1) is 26.3. The minimum Gasteiger partial charge on any atom is -0.490 e. The van der Waals surface area contributed by atoms with Gasteiger partial charge in [0.05, 0.1) is 15.6 Å². The summed E-state index contributed by atoms with van der Waals surface area (Å²) < 4.78 is 45.1. The number of fused-ring (bicyclic) bond motifs is 2. The number of benzene rings is 3. The third-order valence-electron chi connectivity index (χ3n) is 6.89. The van der Waals surface area contributed by atoms with E-state index < -0.39 is 11.7 Å². The molecule has 2 heterocycles. The Morgan fingerprint density at radius 1 is 0.946 bits per heavy atom. The van der Waals surface area contributed by atoms with E-state index in [1.54, 1.807) is 30.0 Å². The second kappa shape index (κ2) is 10.8. The molecule has 0 aliphatic carbocycles. The standard InChI is InChI=1S/C28H24Cl2F3NO2S/c29-24-5-2-6-25(30)26(24)37-16-17-7-9-18(10-8-17)27(35)34-20-11-12-21(34)15-23(14-20)36-22-4-1-3-19(13-22)28(31,32)33/h1-10,13,20-21,23H,11-12,14-16H2/t20-,21-/m0/s1. The topological polar surface area (TPSA) is 29.5 Å². The maximum absolute atomic E-state index is 13.4. The van der Waals surface area contributed by atoms with Gasteiger partial charge in [-0.1, -0.05) is 47.5 Å². The van der Waals surface area contributed by atoms with Crippen LogP contribution in [0.3, 0.4) is 0 Å². The average molecular weight is 566 g/mol. The predicted molar refractivity (Wildman–Crippen MR) is 141 cm³/mol. The molecule has 9 heteroatoms. The maximum atomic E-state index is 13.4. The number of nitrogens with zero attached hydrogens (tertiary/aromatic N) is 1. The molecule has 5 rings (SSSR count). The first-order valence-corrected chi connectivity index (χ1v) is 13.8. The largest absolute Gasteiger partial charge is 0.490 e. The maximum Gasteiger partial charge on any atom is 0.416 e. The molecule has 3 aromatic carbocycles. The molecule has 37 heavy (non-hydrogen) atoms. The summed E-state index contributed by atoms with van der Waals surface area (Å²) in [6.07, 6.45) is -1.69. The minimum absolute atomic E-state index is 0.0136. The number of carbonyl (C=O) groups is 1. The molecule has 0 N–H and O–H groups in total. The highest BCUT2D eigenvalue weighted by Crippen LogP contribution is 2.40. The number of rotatable bonds is 6. The van der Waals surface area contributed by atoms with Gasteiger partial charge in [0.15, 0.2) is 0 Å². The summed E-state index contributed by atoms with van der Waals surface area (Å²) in [5, 5.41) is 1.22. The number of hydrogen-bond acceptors (Lipinski definition) is 3. The van der Waals surface area contributed by atoms with Crippen LogP contribution < -0.4 is 4.74 Å². The Morgan fingerprint density at radius 3 is 2.19 bits per heavy atom. The summed E-state index contributed by atoms with van der Waals surface area (Å²) >= 11 is 14.1. The molecule has 0 saturated carbocycles. The van der Waals surface area contributed by atoms with Gasteiger partial charge in [-0.15, -0.1) is 11.8 Å². The number of thioether (sulfide) groups is 1. The molecule has 2 atom stereocenters. The van der Waals surface area contributed by atoms with Gasteiger partial charge in [0.1, 0.15) is 11.9 Å². The van der Waals surface area contributed by atoms with Crippen LogP contribution in [0.1, 0.15) is 47.2 Å². The molecule has 2 fully saturated rings. The zero-order chi connectivity index (χ0) is 26.2. The van der Waals surface area contributed by atoms with Crippen LogP contribution in [0.4, 0.5) is 13.2 Å². The second-order valence-electron chi connectivity index (χ2n) is 9.37. The third kappa shape index (κ3) is 5.89. The average Bonchev–Trinajstić information content (AvgIpc) is 3.13. The molecule has 1 amide bonds. The zero-order valence-corrected chi connectivity index (χ0v) is 22.0. The minimum atomic E-state index is -4.41. The first-order valence-electron chi connectivity index (χ1n) is 12.0. The van der Waals surface area contributed by atoms with E-state index in [2.05, 4.69) is 0 Å². The number of piperidine rings is 1. The smallest absolute Gasteiger partial charge is 0.416 e. The van der Waals surface area contributed by atoms with Crippen molar-refractivity contribution in [2.75, 3.05) is 0 Å². The van der Waals surface area contributed by atoms with E-state index in [0.717, 1.165) is 35.4 Å². The predicted octanol–water partition coefficient (Wildman–Crippen LogP) is 8.52. The molecule has 0 radical (unpaired) electrons. The van der Waals surface area contributed by atoms with Crippen molar-refractivity contribution >= 4 is 40.9 Å². The van der Waals surface area contributed by atoms with Gasteiger partial charge in [0.25, 0.3) is 5.91 Å². The first-order chi connectivity index (χ1) is 17.7. The van der Waals surface area contributed by atoms with E-state index in [9.17, 15) is 18.0 Å². The molecule has 2 saturated heterocycles. The number of halogens is 5. The number of hydrogen-bond donors (Lipinski definition) is 0. The van der Waals surface area contributed by atoms with Crippen LogP contribution in [0.2, 0.25) is 10.0 Å². The van der Waals surface area contributed by atoms with Crippen molar-refractivity contribution in [3.8, 4) is 5.75 Å². The van der Waals surface area contributed by atoms with E-state index in [1.165, 1.54) is 6.07 Å². The lowest BCUT2D eigenvalue weighted by Crippen LogP contribution is -2.49. The van der Waals surface area contributed by atoms with Crippen molar-refractivity contribution in [3.63, 3.8) is 0 Å². The van der Waals surface area contributed by atoms with Crippen molar-refractivity contribution < 1.29 is 22.7 Å². The fourth-order valence-corrected chi connectivity index (χ4v) is 6.80. The third-order valence-corrected chi connectivity index (χ3v) is 8.95. The number of ether oxygens (including phenoxy) is 1. The van der Waals surface area contributed by atoms with E-state index in [0.29, 0.717) is 34.2 Å². The van der Waals surface area contributed by atoms with Gasteiger partial charge in [-0.25, -0.2) is 0 Å². The van der Waals surface area contributed by atoms with Gasteiger partial charge in [0.2, 0.25) is 0 Å². The quantitative estimate of drug-likeness (QED) is 0.280. The van der Waals surface area contributed by atoms with Crippen molar-refractivity contribution in [1.82, 2.24) is 4.90 Å². The van der Waals surface area contributed by atoms with Crippen molar-refractivity contribution in [2.24, 2.45) is 0 Å². The number of carbonyl (C=O) groups excluding carboxylic acids is 1. The van der Waals surface area contributed by atoms with Gasteiger partial charge in [-0.3, -0.25) is 4.79 Å². The van der Waals surface area contributed by atoms with Crippen LogP contribution >= 0.6 is 35.0 Å². The fraction of sp³-hybridized carbons (Fsp3) is 0.321. The fourth-order valence-electron chi connectivity index (χ4n) is 5.16. The van der Waals surface area contributed by atoms with Gasteiger partial charge in [-0.2, -0.15) is 13.2 Å². The van der Waals surface area contributed by atoms with Gasteiger partial charge in [0, 0.05) is 41.1 Å². The highest BCUT2D eigenvalue weighted by molar-refractivity contribution is 7.98. The SMILES string of the molecule is O=C(c1ccc(CSc2c(Cl)cccc2Cl)cc1)N1[C@H]2CC[C@H]1CC(Oc1cccc(C(F)(F)F)c1)C2. The van der Waals surface area contributed by atoms with E-state index in [-0.39, 0.29) is 29.8 Å². The van der Waals surface area contributed by atoms with Crippen LogP contribution in [0, 0.1) is 0 Å². The molecule has 0 aromatic heterocycles. The molecule has 194 valence electrons. The number of alkyl halides is 3. The van der Waals surface area contributed by atoms with Crippen LogP contribution in [0.25, 0.3) is 0 Å². The Hall–Kier alpha value is -2.35. The molecule has 2 aliphatic heterocycles. The summed E-state index contributed by atoms with van der Waals surface area (Å²) in [4.78, 5) is 16.2. The molecule has 2 aliphatic rings. The van der Waals surface area contributed by atoms with E-state index >= 15 is 0 Å². The van der Waals surface area contributed by atoms with Crippen LogP contribution in [-0.2, 0) is 11.9 Å². The van der Waals surface area contributed by atoms with Crippen molar-refractivity contribution in [1.29, 1.82) is 0 Å². The van der Waals surface area contributed by atoms with Crippen molar-refractivity contribution in [3.05, 3.63) is 93.5 Å². The highest BCUT2D eigenvalue weighted by atomic mass is 35.5. The van der Waals surface area contributed by atoms with Crippen molar-refractivity contribution in [2.45, 2.75) is 60.7 Å². The van der Waals surface area contributed by atoms with Crippen LogP contribution in [-0.4, -0.2) is 29.0 Å². The van der Waals surface area contributed by atoms with Gasteiger partial charge in [-0.05, 0) is 60.9 Å². The Bertz CT molecular complexity index is 1250. The zero-order valence-electron chi connectivity index (χ0n) is 19.7. The van der Waals surface area contributed by atoms with Crippen LogP contribution in [0.5, 0.6) is 5.75 Å². The van der Waals surface area contributed by atoms with E-state index in [1.807, 2.05) is 35.2 Å². The summed E-state index contributed by atoms with van der Waals surface area (Å²) in [6.45, 7) is 0. The lowest BCUT2D eigenvalue weighted by molar-refractivity contribution is -0.137. The summed E-state index contributed by atoms with van der Waals surface area (Å²) in [5.41, 5.74) is 0.949. The number of amides is 1. The Balaban J connectivity index is 1.21.